The van der Waals surface area contributed by atoms with Crippen molar-refractivity contribution < 1.29 is 0 Å². The highest BCUT2D eigenvalue weighted by atomic mass is 14.8. The molecule has 0 aliphatic carbocycles. The Labute approximate surface area is 246 Å². The van der Waals surface area contributed by atoms with E-state index in [1.807, 2.05) is 42.5 Å². The smallest absolute Gasteiger partial charge is 0.0974 e. The fourth-order valence-corrected chi connectivity index (χ4v) is 5.60. The van der Waals surface area contributed by atoms with Gasteiger partial charge in [0, 0.05) is 33.3 Å². The van der Waals surface area contributed by atoms with E-state index in [-0.39, 0.29) is 5.92 Å². The Morgan fingerprint density at radius 1 is 0.452 bits per heavy atom. The average molecular weight is 545 g/mol. The standard InChI is InChI=1S/C38H32N4/c1-23(2)31-20-18-26-17-19-29-30(22-34(24(3)4)42-38(29)36(26)39-31)27-13-10-14-28(21-27)37-35(25-11-6-5-7-12-25)40-32-15-8-9-16-33(32)41-37/h5-24H,1-4H3. The first kappa shape index (κ1) is 26.0. The van der Waals surface area contributed by atoms with Crippen LogP contribution in [0.5, 0.6) is 0 Å². The molecule has 0 atom stereocenters. The maximum Gasteiger partial charge on any atom is 0.0974 e. The molecule has 0 radical (unpaired) electrons. The monoisotopic (exact) mass is 544 g/mol. The lowest BCUT2D eigenvalue weighted by molar-refractivity contribution is 0.826. The third-order valence-electron chi connectivity index (χ3n) is 7.93. The van der Waals surface area contributed by atoms with Gasteiger partial charge < -0.3 is 0 Å². The Morgan fingerprint density at radius 3 is 1.76 bits per heavy atom. The Morgan fingerprint density at radius 2 is 1.05 bits per heavy atom. The fraction of sp³-hybridized carbons (Fsp3) is 0.158. The van der Waals surface area contributed by atoms with Crippen LogP contribution in [-0.2, 0) is 0 Å². The van der Waals surface area contributed by atoms with Crippen LogP contribution < -0.4 is 0 Å². The van der Waals surface area contributed by atoms with Crippen molar-refractivity contribution in [2.24, 2.45) is 0 Å². The Hall–Kier alpha value is -4.96. The summed E-state index contributed by atoms with van der Waals surface area (Å²) >= 11 is 0. The van der Waals surface area contributed by atoms with Gasteiger partial charge in [0.2, 0.25) is 0 Å². The molecule has 3 aromatic heterocycles. The van der Waals surface area contributed by atoms with Gasteiger partial charge in [-0.1, -0.05) is 107 Å². The maximum atomic E-state index is 5.17. The largest absolute Gasteiger partial charge is 0.250 e. The first-order valence-corrected chi connectivity index (χ1v) is 14.6. The van der Waals surface area contributed by atoms with E-state index in [9.17, 15) is 0 Å². The second-order valence-corrected chi connectivity index (χ2v) is 11.5. The highest BCUT2D eigenvalue weighted by Gasteiger charge is 2.17. The predicted octanol–water partition coefficient (Wildman–Crippen LogP) is 9.97. The molecule has 4 aromatic carbocycles. The molecule has 0 bridgehead atoms. The summed E-state index contributed by atoms with van der Waals surface area (Å²) < 4.78 is 0. The minimum absolute atomic E-state index is 0.274. The molecule has 0 fully saturated rings. The number of pyridine rings is 2. The highest BCUT2D eigenvalue weighted by molar-refractivity contribution is 6.08. The van der Waals surface area contributed by atoms with Crippen LogP contribution in [-0.4, -0.2) is 19.9 Å². The van der Waals surface area contributed by atoms with Crippen molar-refractivity contribution in [1.82, 2.24) is 19.9 Å². The van der Waals surface area contributed by atoms with Crippen LogP contribution in [0.25, 0.3) is 66.5 Å². The zero-order valence-corrected chi connectivity index (χ0v) is 24.3. The molecule has 42 heavy (non-hydrogen) atoms. The molecule has 7 aromatic rings. The number of nitrogens with zero attached hydrogens (tertiary/aromatic N) is 4. The molecule has 0 amide bonds. The van der Waals surface area contributed by atoms with Gasteiger partial charge in [-0.25, -0.2) is 9.97 Å². The topological polar surface area (TPSA) is 51.6 Å². The highest BCUT2D eigenvalue weighted by Crippen LogP contribution is 2.37. The van der Waals surface area contributed by atoms with Crippen molar-refractivity contribution in [3.63, 3.8) is 0 Å². The van der Waals surface area contributed by atoms with Crippen molar-refractivity contribution in [2.45, 2.75) is 39.5 Å². The van der Waals surface area contributed by atoms with Gasteiger partial charge in [0.1, 0.15) is 0 Å². The quantitative estimate of drug-likeness (QED) is 0.202. The summed E-state index contributed by atoms with van der Waals surface area (Å²) in [5.41, 5.74) is 11.9. The van der Waals surface area contributed by atoms with Crippen LogP contribution in [0.15, 0.2) is 109 Å². The Bertz CT molecular complexity index is 2100. The molecule has 0 saturated heterocycles. The molecule has 4 heteroatoms. The normalized spacial score (nSPS) is 11.8. The Balaban J connectivity index is 1.47. The third-order valence-corrected chi connectivity index (χ3v) is 7.93. The zero-order valence-electron chi connectivity index (χ0n) is 24.3. The van der Waals surface area contributed by atoms with Crippen molar-refractivity contribution >= 4 is 32.8 Å². The van der Waals surface area contributed by atoms with E-state index in [0.717, 1.165) is 77.9 Å². The van der Waals surface area contributed by atoms with Crippen molar-refractivity contribution in [3.8, 4) is 33.6 Å². The molecule has 0 N–H and O–H groups in total. The summed E-state index contributed by atoms with van der Waals surface area (Å²) in [5, 5.41) is 2.21. The van der Waals surface area contributed by atoms with E-state index in [4.69, 9.17) is 19.9 Å². The molecule has 3 heterocycles. The van der Waals surface area contributed by atoms with Crippen LogP contribution in [0.1, 0.15) is 50.9 Å². The lowest BCUT2D eigenvalue weighted by atomic mass is 9.94. The van der Waals surface area contributed by atoms with E-state index < -0.39 is 0 Å². The summed E-state index contributed by atoms with van der Waals surface area (Å²) in [6, 6.07) is 38.0. The number of fused-ring (bicyclic) bond motifs is 4. The number of hydrogen-bond acceptors (Lipinski definition) is 4. The molecule has 0 aliphatic rings. The maximum absolute atomic E-state index is 5.17. The molecule has 204 valence electrons. The second kappa shape index (κ2) is 10.5. The van der Waals surface area contributed by atoms with E-state index in [0.29, 0.717) is 5.92 Å². The van der Waals surface area contributed by atoms with E-state index >= 15 is 0 Å². The van der Waals surface area contributed by atoms with Crippen molar-refractivity contribution in [2.75, 3.05) is 0 Å². The van der Waals surface area contributed by atoms with Gasteiger partial charge in [-0.15, -0.1) is 0 Å². The zero-order chi connectivity index (χ0) is 28.8. The van der Waals surface area contributed by atoms with E-state index in [1.54, 1.807) is 0 Å². The average Bonchev–Trinajstić information content (AvgIpc) is 3.03. The van der Waals surface area contributed by atoms with Crippen molar-refractivity contribution in [3.05, 3.63) is 121 Å². The minimum atomic E-state index is 0.274. The van der Waals surface area contributed by atoms with Gasteiger partial charge in [-0.2, -0.15) is 0 Å². The molecule has 0 aliphatic heterocycles. The second-order valence-electron chi connectivity index (χ2n) is 11.5. The molecule has 0 saturated carbocycles. The third kappa shape index (κ3) is 4.59. The van der Waals surface area contributed by atoms with Gasteiger partial charge in [-0.3, -0.25) is 9.97 Å². The lowest BCUT2D eigenvalue weighted by Gasteiger charge is -2.16. The van der Waals surface area contributed by atoms with Gasteiger partial charge in [0.15, 0.2) is 0 Å². The SMILES string of the molecule is CC(C)c1ccc2ccc3c(-c4cccc(-c5nc6ccccc6nc5-c5ccccc5)c4)cc(C(C)C)nc3c2n1. The van der Waals surface area contributed by atoms with Crippen LogP contribution in [0.2, 0.25) is 0 Å². The van der Waals surface area contributed by atoms with Crippen molar-refractivity contribution in [1.29, 1.82) is 0 Å². The van der Waals surface area contributed by atoms with Crippen LogP contribution >= 0.6 is 0 Å². The van der Waals surface area contributed by atoms with Crippen LogP contribution in [0, 0.1) is 0 Å². The summed E-state index contributed by atoms with van der Waals surface area (Å²) in [6.07, 6.45) is 0. The number of para-hydroxylation sites is 2. The van der Waals surface area contributed by atoms with Gasteiger partial charge in [0.25, 0.3) is 0 Å². The number of aromatic nitrogens is 4. The van der Waals surface area contributed by atoms with Gasteiger partial charge in [0.05, 0.1) is 33.5 Å². The van der Waals surface area contributed by atoms with Crippen LogP contribution in [0.3, 0.4) is 0 Å². The fourth-order valence-electron chi connectivity index (χ4n) is 5.60. The van der Waals surface area contributed by atoms with E-state index in [2.05, 4.69) is 94.4 Å². The van der Waals surface area contributed by atoms with Gasteiger partial charge >= 0.3 is 0 Å². The summed E-state index contributed by atoms with van der Waals surface area (Å²) in [5.74, 6) is 0.617. The first-order chi connectivity index (χ1) is 20.5. The molecule has 4 nitrogen and oxygen atoms in total. The lowest BCUT2D eigenvalue weighted by Crippen LogP contribution is -1.99. The van der Waals surface area contributed by atoms with Gasteiger partial charge in [-0.05, 0) is 53.3 Å². The number of rotatable bonds is 5. The molecular formula is C38H32N4. The first-order valence-electron chi connectivity index (χ1n) is 14.6. The van der Waals surface area contributed by atoms with E-state index in [1.165, 1.54) is 0 Å². The molecular weight excluding hydrogens is 512 g/mol. The molecule has 0 unspecified atom stereocenters. The summed E-state index contributed by atoms with van der Waals surface area (Å²) in [4.78, 5) is 20.5. The predicted molar refractivity (Wildman–Crippen MR) is 175 cm³/mol. The van der Waals surface area contributed by atoms with Crippen LogP contribution in [0.4, 0.5) is 0 Å². The summed E-state index contributed by atoms with van der Waals surface area (Å²) in [7, 11) is 0. The Kier molecular flexibility index (Phi) is 6.47. The molecule has 7 rings (SSSR count). The number of benzene rings is 4. The summed E-state index contributed by atoms with van der Waals surface area (Å²) in [6.45, 7) is 8.76. The number of hydrogen-bond donors (Lipinski definition) is 0. The minimum Gasteiger partial charge on any atom is -0.250 e. The molecule has 0 spiro atoms.